The molecule has 1 heterocycles. The summed E-state index contributed by atoms with van der Waals surface area (Å²) in [6.45, 7) is 1.89. The van der Waals surface area contributed by atoms with Gasteiger partial charge in [-0.15, -0.1) is 11.3 Å². The van der Waals surface area contributed by atoms with E-state index in [1.807, 2.05) is 6.92 Å². The first-order valence-corrected chi connectivity index (χ1v) is 6.17. The SMILES string of the molecule is CC1(C=O)CCCc2sc(N)c(C#N)c21.CO. The first-order chi connectivity index (χ1) is 8.12. The minimum atomic E-state index is -0.507. The molecule has 92 valence electrons. The Balaban J connectivity index is 0.000000686. The molecular formula is C12H16N2O2S. The van der Waals surface area contributed by atoms with Gasteiger partial charge in [0.2, 0.25) is 0 Å². The summed E-state index contributed by atoms with van der Waals surface area (Å²) < 4.78 is 0. The standard InChI is InChI=1S/C11H12N2OS.CH4O/c1-11(6-14)4-2-3-8-9(11)7(5-12)10(13)15-8;1-2/h6H,2-4,13H2,1H3;2H,1H3. The number of anilines is 1. The maximum Gasteiger partial charge on any atom is 0.130 e. The molecule has 1 aromatic rings. The Morgan fingerprint density at radius 3 is 2.76 bits per heavy atom. The van der Waals surface area contributed by atoms with Crippen LogP contribution in [-0.2, 0) is 16.6 Å². The number of nitrogens with zero attached hydrogens (tertiary/aromatic N) is 1. The summed E-state index contributed by atoms with van der Waals surface area (Å²) in [4.78, 5) is 12.3. The summed E-state index contributed by atoms with van der Waals surface area (Å²) in [5, 5.41) is 16.6. The van der Waals surface area contributed by atoms with E-state index in [2.05, 4.69) is 6.07 Å². The molecule has 1 aromatic heterocycles. The maximum absolute atomic E-state index is 11.2. The fourth-order valence-corrected chi connectivity index (χ4v) is 3.45. The van der Waals surface area contributed by atoms with Gasteiger partial charge in [-0.25, -0.2) is 0 Å². The number of carbonyl (C=O) groups excluding carboxylic acids is 1. The van der Waals surface area contributed by atoms with Crippen LogP contribution in [0.4, 0.5) is 5.00 Å². The lowest BCUT2D eigenvalue weighted by Gasteiger charge is -2.28. The number of aliphatic hydroxyl groups excluding tert-OH is 1. The minimum absolute atomic E-state index is 0.507. The first kappa shape index (κ1) is 13.7. The quantitative estimate of drug-likeness (QED) is 0.743. The highest BCUT2D eigenvalue weighted by molar-refractivity contribution is 7.16. The largest absolute Gasteiger partial charge is 0.400 e. The van der Waals surface area contributed by atoms with E-state index in [0.29, 0.717) is 10.6 Å². The van der Waals surface area contributed by atoms with Crippen LogP contribution in [0.25, 0.3) is 0 Å². The third-order valence-corrected chi connectivity index (χ3v) is 4.13. The second-order valence-corrected chi connectivity index (χ2v) is 5.28. The highest BCUT2D eigenvalue weighted by Crippen LogP contribution is 2.44. The van der Waals surface area contributed by atoms with Gasteiger partial charge in [-0.1, -0.05) is 0 Å². The molecule has 0 spiro atoms. The number of aldehydes is 1. The number of hydrogen-bond donors (Lipinski definition) is 2. The minimum Gasteiger partial charge on any atom is -0.400 e. The van der Waals surface area contributed by atoms with Crippen LogP contribution in [0.1, 0.15) is 35.8 Å². The van der Waals surface area contributed by atoms with E-state index >= 15 is 0 Å². The molecule has 1 aliphatic rings. The van der Waals surface area contributed by atoms with Crippen molar-refractivity contribution in [3.05, 3.63) is 16.0 Å². The van der Waals surface area contributed by atoms with Gasteiger partial charge in [-0.3, -0.25) is 0 Å². The molecule has 1 atom stereocenters. The van der Waals surface area contributed by atoms with Gasteiger partial charge in [-0.2, -0.15) is 5.26 Å². The molecule has 0 saturated carbocycles. The van der Waals surface area contributed by atoms with E-state index < -0.39 is 5.41 Å². The summed E-state index contributed by atoms with van der Waals surface area (Å²) in [7, 11) is 1.00. The average molecular weight is 252 g/mol. The molecule has 0 fully saturated rings. The Kier molecular flexibility index (Phi) is 4.27. The summed E-state index contributed by atoms with van der Waals surface area (Å²) in [5.74, 6) is 0. The zero-order valence-corrected chi connectivity index (χ0v) is 10.8. The number of aliphatic hydroxyl groups is 1. The zero-order chi connectivity index (χ0) is 13.1. The third kappa shape index (κ3) is 2.19. The van der Waals surface area contributed by atoms with E-state index in [-0.39, 0.29) is 0 Å². The van der Waals surface area contributed by atoms with E-state index in [1.54, 1.807) is 0 Å². The van der Waals surface area contributed by atoms with Gasteiger partial charge in [0.1, 0.15) is 17.4 Å². The molecule has 4 nitrogen and oxygen atoms in total. The summed E-state index contributed by atoms with van der Waals surface area (Å²) in [6.07, 6.45) is 3.70. The van der Waals surface area contributed by atoms with Crippen LogP contribution < -0.4 is 5.73 Å². The number of thiophene rings is 1. The average Bonchev–Trinajstić information content (AvgIpc) is 2.69. The van der Waals surface area contributed by atoms with E-state index in [0.717, 1.165) is 43.1 Å². The maximum atomic E-state index is 11.2. The lowest BCUT2D eigenvalue weighted by molar-refractivity contribution is -0.112. The zero-order valence-electron chi connectivity index (χ0n) is 9.99. The number of aryl methyl sites for hydroxylation is 1. The third-order valence-electron chi connectivity index (χ3n) is 3.05. The molecule has 17 heavy (non-hydrogen) atoms. The molecule has 3 N–H and O–H groups in total. The van der Waals surface area contributed by atoms with Crippen LogP contribution in [0.15, 0.2) is 0 Å². The van der Waals surface area contributed by atoms with Crippen LogP contribution >= 0.6 is 11.3 Å². The van der Waals surface area contributed by atoms with Gasteiger partial charge in [0.15, 0.2) is 0 Å². The number of nitriles is 1. The summed E-state index contributed by atoms with van der Waals surface area (Å²) >= 11 is 1.46. The molecule has 2 rings (SSSR count). The molecule has 1 unspecified atom stereocenters. The second-order valence-electron chi connectivity index (χ2n) is 4.14. The Morgan fingerprint density at radius 2 is 2.24 bits per heavy atom. The van der Waals surface area contributed by atoms with Gasteiger partial charge in [0.25, 0.3) is 0 Å². The Bertz CT molecular complexity index is 462. The predicted octanol–water partition coefficient (Wildman–Crippen LogP) is 1.60. The van der Waals surface area contributed by atoms with Gasteiger partial charge in [0.05, 0.1) is 11.0 Å². The summed E-state index contributed by atoms with van der Waals surface area (Å²) in [5.41, 5.74) is 6.68. The van der Waals surface area contributed by atoms with E-state index in [1.165, 1.54) is 11.3 Å². The Morgan fingerprint density at radius 1 is 1.59 bits per heavy atom. The van der Waals surface area contributed by atoms with Crippen molar-refractivity contribution >= 4 is 22.6 Å². The molecule has 0 radical (unpaired) electrons. The number of nitrogens with two attached hydrogens (primary N) is 1. The lowest BCUT2D eigenvalue weighted by Crippen LogP contribution is -2.28. The fourth-order valence-electron chi connectivity index (χ4n) is 2.25. The van der Waals surface area contributed by atoms with Crippen molar-refractivity contribution in [1.29, 1.82) is 5.26 Å². The second kappa shape index (κ2) is 5.30. The van der Waals surface area contributed by atoms with Gasteiger partial charge in [-0.05, 0) is 31.7 Å². The van der Waals surface area contributed by atoms with Crippen molar-refractivity contribution in [2.75, 3.05) is 12.8 Å². The van der Waals surface area contributed by atoms with Crippen LogP contribution in [-0.4, -0.2) is 18.5 Å². The number of fused-ring (bicyclic) bond motifs is 1. The molecule has 0 amide bonds. The van der Waals surface area contributed by atoms with Crippen molar-refractivity contribution in [3.63, 3.8) is 0 Å². The van der Waals surface area contributed by atoms with Crippen molar-refractivity contribution in [2.24, 2.45) is 0 Å². The topological polar surface area (TPSA) is 87.1 Å². The van der Waals surface area contributed by atoms with Crippen molar-refractivity contribution < 1.29 is 9.90 Å². The van der Waals surface area contributed by atoms with E-state index in [4.69, 9.17) is 16.1 Å². The Labute approximate surface area is 105 Å². The molecule has 0 saturated heterocycles. The first-order valence-electron chi connectivity index (χ1n) is 5.35. The molecule has 0 bridgehead atoms. The highest BCUT2D eigenvalue weighted by atomic mass is 32.1. The number of nitrogen functional groups attached to an aromatic ring is 1. The summed E-state index contributed by atoms with van der Waals surface area (Å²) in [6, 6.07) is 2.12. The fraction of sp³-hybridized carbons (Fsp3) is 0.500. The van der Waals surface area contributed by atoms with Gasteiger partial charge in [0, 0.05) is 12.0 Å². The van der Waals surface area contributed by atoms with E-state index in [9.17, 15) is 4.79 Å². The van der Waals surface area contributed by atoms with Crippen molar-refractivity contribution in [2.45, 2.75) is 31.6 Å². The smallest absolute Gasteiger partial charge is 0.130 e. The molecule has 5 heteroatoms. The highest BCUT2D eigenvalue weighted by Gasteiger charge is 2.36. The van der Waals surface area contributed by atoms with Crippen molar-refractivity contribution in [3.8, 4) is 6.07 Å². The molecular weight excluding hydrogens is 236 g/mol. The van der Waals surface area contributed by atoms with Crippen LogP contribution in [0, 0.1) is 11.3 Å². The molecule has 1 aliphatic carbocycles. The van der Waals surface area contributed by atoms with Gasteiger partial charge >= 0.3 is 0 Å². The Hall–Kier alpha value is -1.38. The monoisotopic (exact) mass is 252 g/mol. The number of hydrogen-bond acceptors (Lipinski definition) is 5. The molecule has 0 aromatic carbocycles. The van der Waals surface area contributed by atoms with Crippen molar-refractivity contribution in [1.82, 2.24) is 0 Å². The number of rotatable bonds is 1. The van der Waals surface area contributed by atoms with Crippen LogP contribution in [0.5, 0.6) is 0 Å². The van der Waals surface area contributed by atoms with Crippen LogP contribution in [0.2, 0.25) is 0 Å². The van der Waals surface area contributed by atoms with Gasteiger partial charge < -0.3 is 15.6 Å². The molecule has 0 aliphatic heterocycles. The van der Waals surface area contributed by atoms with Crippen LogP contribution in [0.3, 0.4) is 0 Å². The predicted molar refractivity (Wildman–Crippen MR) is 67.9 cm³/mol. The normalized spacial score (nSPS) is 21.8. The number of carbonyl (C=O) groups is 1. The lowest BCUT2D eigenvalue weighted by atomic mass is 9.74.